The lowest BCUT2D eigenvalue weighted by atomic mass is 9.93. The molecule has 1 amide bonds. The molecule has 4 heteroatoms. The van der Waals surface area contributed by atoms with Crippen LogP contribution in [0.5, 0.6) is 0 Å². The molecule has 0 bridgehead atoms. The van der Waals surface area contributed by atoms with Gasteiger partial charge in [0, 0.05) is 29.2 Å². The summed E-state index contributed by atoms with van der Waals surface area (Å²) in [6.45, 7) is 3.93. The second kappa shape index (κ2) is 6.37. The van der Waals surface area contributed by atoms with Crippen LogP contribution < -0.4 is 5.32 Å². The van der Waals surface area contributed by atoms with Crippen LogP contribution in [0.4, 0.5) is 0 Å². The number of aryl methyl sites for hydroxylation is 1. The van der Waals surface area contributed by atoms with Gasteiger partial charge in [0.25, 0.3) is 5.91 Å². The molecule has 3 nitrogen and oxygen atoms in total. The normalized spacial score (nSPS) is 26.1. The van der Waals surface area contributed by atoms with E-state index < -0.39 is 0 Å². The van der Waals surface area contributed by atoms with E-state index in [9.17, 15) is 4.79 Å². The van der Waals surface area contributed by atoms with Gasteiger partial charge in [0.1, 0.15) is 0 Å². The molecule has 21 heavy (non-hydrogen) atoms. The molecule has 2 aliphatic rings. The Bertz CT molecular complexity index is 526. The lowest BCUT2D eigenvalue weighted by Crippen LogP contribution is -2.52. The summed E-state index contributed by atoms with van der Waals surface area (Å²) < 4.78 is 0. The molecule has 2 atom stereocenters. The molecular weight excluding hydrogens is 284 g/mol. The predicted octanol–water partition coefficient (Wildman–Crippen LogP) is 3.40. The number of carbonyl (C=O) groups excluding carboxylic acids is 1. The number of amides is 1. The van der Waals surface area contributed by atoms with E-state index in [1.54, 1.807) is 0 Å². The number of hydrogen-bond acceptors (Lipinski definition) is 2. The zero-order chi connectivity index (χ0) is 14.8. The summed E-state index contributed by atoms with van der Waals surface area (Å²) in [4.78, 5) is 15.1. The third-order valence-corrected chi connectivity index (χ3v) is 5.04. The third kappa shape index (κ3) is 3.09. The average molecular weight is 307 g/mol. The van der Waals surface area contributed by atoms with Gasteiger partial charge in [0.15, 0.2) is 0 Å². The minimum absolute atomic E-state index is 0.147. The van der Waals surface area contributed by atoms with Gasteiger partial charge < -0.3 is 10.2 Å². The van der Waals surface area contributed by atoms with Crippen molar-refractivity contribution in [3.63, 3.8) is 0 Å². The SMILES string of the molecule is Cc1ccc(Cl)cc1C(=O)N1CCCCC1C1CCCN1. The van der Waals surface area contributed by atoms with Gasteiger partial charge in [-0.3, -0.25) is 4.79 Å². The number of carbonyl (C=O) groups is 1. The first-order valence-corrected chi connectivity index (χ1v) is 8.35. The molecule has 1 aromatic carbocycles. The maximum Gasteiger partial charge on any atom is 0.254 e. The molecule has 1 N–H and O–H groups in total. The fourth-order valence-electron chi connectivity index (χ4n) is 3.65. The highest BCUT2D eigenvalue weighted by atomic mass is 35.5. The van der Waals surface area contributed by atoms with Crippen LogP contribution in [0.1, 0.15) is 48.0 Å². The molecule has 1 aromatic rings. The van der Waals surface area contributed by atoms with E-state index in [0.29, 0.717) is 17.1 Å². The zero-order valence-electron chi connectivity index (χ0n) is 12.6. The molecule has 2 unspecified atom stereocenters. The van der Waals surface area contributed by atoms with Gasteiger partial charge in [-0.1, -0.05) is 17.7 Å². The van der Waals surface area contributed by atoms with Crippen LogP contribution in [0.2, 0.25) is 5.02 Å². The van der Waals surface area contributed by atoms with E-state index in [4.69, 9.17) is 11.6 Å². The molecule has 0 aromatic heterocycles. The first kappa shape index (κ1) is 14.9. The fraction of sp³-hybridized carbons (Fsp3) is 0.588. The number of rotatable bonds is 2. The smallest absolute Gasteiger partial charge is 0.254 e. The van der Waals surface area contributed by atoms with Crippen molar-refractivity contribution in [2.75, 3.05) is 13.1 Å². The first-order chi connectivity index (χ1) is 10.2. The van der Waals surface area contributed by atoms with E-state index in [1.165, 1.54) is 19.3 Å². The highest BCUT2D eigenvalue weighted by Gasteiger charge is 2.34. The van der Waals surface area contributed by atoms with Crippen molar-refractivity contribution in [2.24, 2.45) is 0 Å². The lowest BCUT2D eigenvalue weighted by molar-refractivity contribution is 0.0563. The van der Waals surface area contributed by atoms with Gasteiger partial charge in [-0.05, 0) is 63.3 Å². The van der Waals surface area contributed by atoms with E-state index in [0.717, 1.165) is 37.1 Å². The third-order valence-electron chi connectivity index (χ3n) is 4.80. The number of halogens is 1. The number of piperidine rings is 1. The fourth-order valence-corrected chi connectivity index (χ4v) is 3.82. The number of hydrogen-bond donors (Lipinski definition) is 1. The van der Waals surface area contributed by atoms with Crippen molar-refractivity contribution < 1.29 is 4.79 Å². The molecule has 0 radical (unpaired) electrons. The van der Waals surface area contributed by atoms with Crippen molar-refractivity contribution in [2.45, 2.75) is 51.1 Å². The van der Waals surface area contributed by atoms with E-state index >= 15 is 0 Å². The Morgan fingerprint density at radius 1 is 1.29 bits per heavy atom. The van der Waals surface area contributed by atoms with Gasteiger partial charge in [-0.15, -0.1) is 0 Å². The molecule has 3 rings (SSSR count). The quantitative estimate of drug-likeness (QED) is 0.908. The second-order valence-electron chi connectivity index (χ2n) is 6.22. The average Bonchev–Trinajstić information content (AvgIpc) is 3.03. The predicted molar refractivity (Wildman–Crippen MR) is 85.9 cm³/mol. The molecular formula is C17H23ClN2O. The summed E-state index contributed by atoms with van der Waals surface area (Å²) in [5.41, 5.74) is 1.76. The Labute approximate surface area is 131 Å². The van der Waals surface area contributed by atoms with Crippen LogP contribution in [-0.2, 0) is 0 Å². The molecule has 0 spiro atoms. The number of nitrogens with one attached hydrogen (secondary N) is 1. The maximum atomic E-state index is 13.0. The van der Waals surface area contributed by atoms with Gasteiger partial charge in [-0.25, -0.2) is 0 Å². The Balaban J connectivity index is 1.85. The summed E-state index contributed by atoms with van der Waals surface area (Å²) in [5.74, 6) is 0.147. The second-order valence-corrected chi connectivity index (χ2v) is 6.66. The van der Waals surface area contributed by atoms with Crippen LogP contribution in [-0.4, -0.2) is 36.0 Å². The van der Waals surface area contributed by atoms with Crippen LogP contribution in [0, 0.1) is 6.92 Å². The van der Waals surface area contributed by atoms with Gasteiger partial charge in [0.05, 0.1) is 0 Å². The van der Waals surface area contributed by atoms with Crippen LogP contribution in [0.15, 0.2) is 18.2 Å². The minimum Gasteiger partial charge on any atom is -0.334 e. The molecule has 2 saturated heterocycles. The van der Waals surface area contributed by atoms with Crippen molar-refractivity contribution in [1.82, 2.24) is 10.2 Å². The molecule has 0 aliphatic carbocycles. The minimum atomic E-state index is 0.147. The van der Waals surface area contributed by atoms with Gasteiger partial charge in [-0.2, -0.15) is 0 Å². The number of likely N-dealkylation sites (tertiary alicyclic amines) is 1. The van der Waals surface area contributed by atoms with Gasteiger partial charge in [0.2, 0.25) is 0 Å². The summed E-state index contributed by atoms with van der Waals surface area (Å²) >= 11 is 6.08. The summed E-state index contributed by atoms with van der Waals surface area (Å²) in [5, 5.41) is 4.20. The van der Waals surface area contributed by atoms with Crippen LogP contribution in [0.25, 0.3) is 0 Å². The van der Waals surface area contributed by atoms with Crippen LogP contribution >= 0.6 is 11.6 Å². The summed E-state index contributed by atoms with van der Waals surface area (Å²) in [6, 6.07) is 6.40. The molecule has 2 heterocycles. The molecule has 114 valence electrons. The van der Waals surface area contributed by atoms with Crippen molar-refractivity contribution in [3.05, 3.63) is 34.3 Å². The Hall–Kier alpha value is -1.06. The Morgan fingerprint density at radius 2 is 2.14 bits per heavy atom. The van der Waals surface area contributed by atoms with Crippen LogP contribution in [0.3, 0.4) is 0 Å². The van der Waals surface area contributed by atoms with E-state index in [-0.39, 0.29) is 5.91 Å². The Kier molecular flexibility index (Phi) is 4.51. The van der Waals surface area contributed by atoms with Crippen molar-refractivity contribution in [3.8, 4) is 0 Å². The summed E-state index contributed by atoms with van der Waals surface area (Å²) in [6.07, 6.45) is 5.85. The molecule has 0 saturated carbocycles. The van der Waals surface area contributed by atoms with E-state index in [1.807, 2.05) is 25.1 Å². The Morgan fingerprint density at radius 3 is 2.90 bits per heavy atom. The lowest BCUT2D eigenvalue weighted by Gasteiger charge is -2.39. The molecule has 2 fully saturated rings. The van der Waals surface area contributed by atoms with Crippen molar-refractivity contribution >= 4 is 17.5 Å². The number of benzene rings is 1. The number of nitrogens with zero attached hydrogens (tertiary/aromatic N) is 1. The monoisotopic (exact) mass is 306 g/mol. The molecule has 2 aliphatic heterocycles. The largest absolute Gasteiger partial charge is 0.334 e. The summed E-state index contributed by atoms with van der Waals surface area (Å²) in [7, 11) is 0. The van der Waals surface area contributed by atoms with E-state index in [2.05, 4.69) is 10.2 Å². The van der Waals surface area contributed by atoms with Gasteiger partial charge >= 0.3 is 0 Å². The van der Waals surface area contributed by atoms with Crippen molar-refractivity contribution in [1.29, 1.82) is 0 Å². The first-order valence-electron chi connectivity index (χ1n) is 7.97. The topological polar surface area (TPSA) is 32.3 Å². The highest BCUT2D eigenvalue weighted by Crippen LogP contribution is 2.27. The standard InChI is InChI=1S/C17H23ClN2O/c1-12-7-8-13(18)11-14(12)17(21)20-10-3-2-6-16(20)15-5-4-9-19-15/h7-8,11,15-16,19H,2-6,9-10H2,1H3. The maximum absolute atomic E-state index is 13.0. The zero-order valence-corrected chi connectivity index (χ0v) is 13.3. The highest BCUT2D eigenvalue weighted by molar-refractivity contribution is 6.31.